The maximum absolute atomic E-state index is 12.3. The number of methoxy groups -OCH3 is 1. The van der Waals surface area contributed by atoms with Crippen molar-refractivity contribution in [3.63, 3.8) is 0 Å². The number of allylic oxidation sites excluding steroid dienone is 1. The fraction of sp³-hybridized carbons (Fsp3) is 0.375. The van der Waals surface area contributed by atoms with Gasteiger partial charge in [0.15, 0.2) is 5.17 Å². The van der Waals surface area contributed by atoms with Gasteiger partial charge in [-0.3, -0.25) is 0 Å². The third kappa shape index (κ3) is 4.63. The molecule has 2 rings (SSSR count). The highest BCUT2D eigenvalue weighted by Crippen LogP contribution is 2.33. The SMILES string of the molecule is CCOC(=O)C1=C(C)NC(SC)=NC1c1ccc(OC)cc1.I. The van der Waals surface area contributed by atoms with Crippen molar-refractivity contribution in [2.45, 2.75) is 19.9 Å². The van der Waals surface area contributed by atoms with Gasteiger partial charge in [-0.05, 0) is 37.8 Å². The second-order valence-electron chi connectivity index (χ2n) is 4.70. The minimum absolute atomic E-state index is 0. The van der Waals surface area contributed by atoms with Crippen molar-refractivity contribution in [3.8, 4) is 5.75 Å². The Balaban J connectivity index is 0.00000264. The Morgan fingerprint density at radius 2 is 2.00 bits per heavy atom. The number of nitrogens with zero attached hydrogens (tertiary/aromatic N) is 1. The fourth-order valence-corrected chi connectivity index (χ4v) is 2.72. The van der Waals surface area contributed by atoms with Gasteiger partial charge < -0.3 is 14.8 Å². The second-order valence-corrected chi connectivity index (χ2v) is 5.49. The van der Waals surface area contributed by atoms with Crippen LogP contribution in [0, 0.1) is 0 Å². The Bertz CT molecular complexity index is 614. The summed E-state index contributed by atoms with van der Waals surface area (Å²) in [5.41, 5.74) is 2.25. The van der Waals surface area contributed by atoms with Crippen molar-refractivity contribution in [1.82, 2.24) is 5.32 Å². The molecule has 0 spiro atoms. The van der Waals surface area contributed by atoms with Gasteiger partial charge >= 0.3 is 5.97 Å². The monoisotopic (exact) mass is 448 g/mol. The van der Waals surface area contributed by atoms with Crippen LogP contribution in [-0.4, -0.2) is 31.1 Å². The van der Waals surface area contributed by atoms with E-state index in [1.165, 1.54) is 11.8 Å². The van der Waals surface area contributed by atoms with Crippen molar-refractivity contribution in [2.24, 2.45) is 4.99 Å². The number of benzene rings is 1. The standard InChI is InChI=1S/C16H20N2O3S.HI/c1-5-21-15(19)13-10(2)17-16(22-4)18-14(13)11-6-8-12(20-3)9-7-11;/h6-9,14H,5H2,1-4H3,(H,17,18);1H. The van der Waals surface area contributed by atoms with Gasteiger partial charge in [-0.15, -0.1) is 24.0 Å². The number of rotatable bonds is 4. The molecule has 0 aliphatic carbocycles. The van der Waals surface area contributed by atoms with Gasteiger partial charge in [0.05, 0.1) is 19.3 Å². The van der Waals surface area contributed by atoms with Crippen LogP contribution in [-0.2, 0) is 9.53 Å². The molecule has 0 saturated heterocycles. The number of nitrogens with one attached hydrogen (secondary N) is 1. The Hall–Kier alpha value is -1.22. The van der Waals surface area contributed by atoms with Crippen LogP contribution < -0.4 is 10.1 Å². The molecule has 1 N–H and O–H groups in total. The van der Waals surface area contributed by atoms with E-state index in [2.05, 4.69) is 10.3 Å². The molecule has 1 aliphatic rings. The number of carbonyl (C=O) groups excluding carboxylic acids is 1. The van der Waals surface area contributed by atoms with Crippen LogP contribution in [0.1, 0.15) is 25.5 Å². The molecule has 1 heterocycles. The average Bonchev–Trinajstić information content (AvgIpc) is 2.54. The first kappa shape index (κ1) is 19.8. The molecule has 1 aliphatic heterocycles. The normalized spacial score (nSPS) is 16.9. The number of amidine groups is 1. The quantitative estimate of drug-likeness (QED) is 0.565. The highest BCUT2D eigenvalue weighted by molar-refractivity contribution is 14.0. The zero-order chi connectivity index (χ0) is 16.1. The lowest BCUT2D eigenvalue weighted by Gasteiger charge is -2.25. The first-order valence-corrected chi connectivity index (χ1v) is 8.23. The molecular weight excluding hydrogens is 427 g/mol. The number of hydrogen-bond donors (Lipinski definition) is 1. The molecule has 126 valence electrons. The Labute approximate surface area is 157 Å². The number of halogens is 1. The van der Waals surface area contributed by atoms with Gasteiger partial charge in [-0.25, -0.2) is 9.79 Å². The highest BCUT2D eigenvalue weighted by Gasteiger charge is 2.30. The molecule has 1 aromatic rings. The number of thioether (sulfide) groups is 1. The van der Waals surface area contributed by atoms with Gasteiger partial charge in [-0.1, -0.05) is 23.9 Å². The van der Waals surface area contributed by atoms with E-state index in [0.29, 0.717) is 12.2 Å². The second kappa shape index (κ2) is 9.17. The van der Waals surface area contributed by atoms with Crippen LogP contribution in [0.5, 0.6) is 5.75 Å². The van der Waals surface area contributed by atoms with Crippen molar-refractivity contribution >= 4 is 46.9 Å². The van der Waals surface area contributed by atoms with Crippen LogP contribution in [0.3, 0.4) is 0 Å². The number of ether oxygens (including phenoxy) is 2. The first-order chi connectivity index (χ1) is 10.6. The lowest BCUT2D eigenvalue weighted by atomic mass is 9.96. The molecule has 7 heteroatoms. The summed E-state index contributed by atoms with van der Waals surface area (Å²) in [5, 5.41) is 3.93. The topological polar surface area (TPSA) is 59.9 Å². The van der Waals surface area contributed by atoms with Crippen LogP contribution in [0.25, 0.3) is 0 Å². The molecule has 0 radical (unpaired) electrons. The van der Waals surface area contributed by atoms with E-state index in [4.69, 9.17) is 9.47 Å². The van der Waals surface area contributed by atoms with E-state index in [1.54, 1.807) is 14.0 Å². The van der Waals surface area contributed by atoms with Crippen molar-refractivity contribution in [1.29, 1.82) is 0 Å². The summed E-state index contributed by atoms with van der Waals surface area (Å²) in [6.45, 7) is 4.00. The van der Waals surface area contributed by atoms with Crippen molar-refractivity contribution < 1.29 is 14.3 Å². The number of aliphatic imine (C=N–C) groups is 1. The third-order valence-corrected chi connectivity index (χ3v) is 3.93. The maximum Gasteiger partial charge on any atom is 0.338 e. The fourth-order valence-electron chi connectivity index (χ4n) is 2.25. The third-order valence-electron chi connectivity index (χ3n) is 3.34. The summed E-state index contributed by atoms with van der Waals surface area (Å²) in [7, 11) is 1.62. The Morgan fingerprint density at radius 1 is 1.35 bits per heavy atom. The summed E-state index contributed by atoms with van der Waals surface area (Å²) in [5.74, 6) is 0.433. The van der Waals surface area contributed by atoms with E-state index < -0.39 is 0 Å². The summed E-state index contributed by atoms with van der Waals surface area (Å²) >= 11 is 1.51. The van der Waals surface area contributed by atoms with E-state index in [-0.39, 0.29) is 36.0 Å². The van der Waals surface area contributed by atoms with Crippen molar-refractivity contribution in [2.75, 3.05) is 20.0 Å². The zero-order valence-electron chi connectivity index (χ0n) is 13.6. The number of hydrogen-bond acceptors (Lipinski definition) is 6. The predicted molar refractivity (Wildman–Crippen MR) is 105 cm³/mol. The predicted octanol–water partition coefficient (Wildman–Crippen LogP) is 3.51. The lowest BCUT2D eigenvalue weighted by Crippen LogP contribution is -2.30. The molecular formula is C16H21IN2O3S. The van der Waals surface area contributed by atoms with Gasteiger partial charge in [-0.2, -0.15) is 0 Å². The average molecular weight is 448 g/mol. The molecule has 1 atom stereocenters. The summed E-state index contributed by atoms with van der Waals surface area (Å²) in [6, 6.07) is 7.20. The van der Waals surface area contributed by atoms with Crippen LogP contribution in [0.4, 0.5) is 0 Å². The molecule has 0 aromatic heterocycles. The molecule has 0 saturated carbocycles. The maximum atomic E-state index is 12.3. The van der Waals surface area contributed by atoms with E-state index in [0.717, 1.165) is 22.2 Å². The van der Waals surface area contributed by atoms with E-state index in [9.17, 15) is 4.79 Å². The van der Waals surface area contributed by atoms with Crippen LogP contribution in [0.15, 0.2) is 40.5 Å². The number of carbonyl (C=O) groups is 1. The van der Waals surface area contributed by atoms with Crippen LogP contribution in [0.2, 0.25) is 0 Å². The minimum Gasteiger partial charge on any atom is -0.497 e. The highest BCUT2D eigenvalue weighted by atomic mass is 127. The Morgan fingerprint density at radius 3 is 2.52 bits per heavy atom. The molecule has 1 unspecified atom stereocenters. The van der Waals surface area contributed by atoms with Gasteiger partial charge in [0.25, 0.3) is 0 Å². The molecule has 23 heavy (non-hydrogen) atoms. The number of esters is 1. The summed E-state index contributed by atoms with van der Waals surface area (Å²) in [4.78, 5) is 16.9. The molecule has 0 bridgehead atoms. The Kier molecular flexibility index (Phi) is 7.90. The van der Waals surface area contributed by atoms with Gasteiger partial charge in [0.1, 0.15) is 11.8 Å². The molecule has 0 amide bonds. The largest absolute Gasteiger partial charge is 0.497 e. The smallest absolute Gasteiger partial charge is 0.338 e. The lowest BCUT2D eigenvalue weighted by molar-refractivity contribution is -0.138. The van der Waals surface area contributed by atoms with E-state index >= 15 is 0 Å². The molecule has 5 nitrogen and oxygen atoms in total. The van der Waals surface area contributed by atoms with Gasteiger partial charge in [0.2, 0.25) is 0 Å². The van der Waals surface area contributed by atoms with Crippen molar-refractivity contribution in [3.05, 3.63) is 41.1 Å². The summed E-state index contributed by atoms with van der Waals surface area (Å²) in [6.07, 6.45) is 1.94. The minimum atomic E-state index is -0.367. The molecule has 0 fully saturated rings. The summed E-state index contributed by atoms with van der Waals surface area (Å²) < 4.78 is 10.4. The first-order valence-electron chi connectivity index (χ1n) is 7.01. The zero-order valence-corrected chi connectivity index (χ0v) is 16.7. The van der Waals surface area contributed by atoms with E-state index in [1.807, 2.05) is 37.4 Å². The molecule has 1 aromatic carbocycles. The van der Waals surface area contributed by atoms with Crippen LogP contribution >= 0.6 is 35.7 Å². The van der Waals surface area contributed by atoms with Gasteiger partial charge in [0, 0.05) is 5.70 Å².